The molecule has 5 aromatic heterocycles. The maximum atomic E-state index is 6.68. The Morgan fingerprint density at radius 3 is 1.86 bits per heavy atom. The number of pyridine rings is 2. The minimum atomic E-state index is -2.01. The van der Waals surface area contributed by atoms with Gasteiger partial charge < -0.3 is 8.98 Å². The van der Waals surface area contributed by atoms with Crippen LogP contribution in [0, 0.1) is 19.1 Å². The first-order valence-electron chi connectivity index (χ1n) is 25.2. The Morgan fingerprint density at radius 2 is 1.21 bits per heavy atom. The number of hydrogen-bond donors (Lipinski definition) is 0. The molecule has 5 heterocycles. The number of aromatic nitrogens is 4. The number of para-hydroxylation sites is 2. The number of fused-ring (bicyclic) bond motifs is 7. The van der Waals surface area contributed by atoms with Crippen LogP contribution >= 0.6 is 0 Å². The number of aryl methyl sites for hydroxylation is 1. The second-order valence-electron chi connectivity index (χ2n) is 22.2. The zero-order chi connectivity index (χ0) is 50.1. The molecule has 11 rings (SSSR count). The normalized spacial score (nSPS) is 12.2. The predicted octanol–water partition coefficient (Wildman–Crippen LogP) is 17.4. The van der Waals surface area contributed by atoms with Crippen LogP contribution in [0.5, 0.6) is 0 Å². The Kier molecular flexibility index (Phi) is 13.9. The van der Waals surface area contributed by atoms with Crippen LogP contribution in [0.3, 0.4) is 0 Å². The largest absolute Gasteiger partial charge is 0.501 e. The van der Waals surface area contributed by atoms with E-state index in [4.69, 9.17) is 23.8 Å². The van der Waals surface area contributed by atoms with Gasteiger partial charge in [-0.2, -0.15) is 0 Å². The molecular formula is C64H64GeIrN4O2-2. The molecule has 0 saturated carbocycles. The molecule has 0 saturated heterocycles. The van der Waals surface area contributed by atoms with Gasteiger partial charge in [0.15, 0.2) is 0 Å². The van der Waals surface area contributed by atoms with Crippen LogP contribution in [0.1, 0.15) is 108 Å². The summed E-state index contributed by atoms with van der Waals surface area (Å²) in [5, 5.41) is 4.28. The predicted molar refractivity (Wildman–Crippen MR) is 300 cm³/mol. The Hall–Kier alpha value is -6.12. The molecule has 72 heavy (non-hydrogen) atoms. The van der Waals surface area contributed by atoms with E-state index in [0.29, 0.717) is 23.5 Å². The van der Waals surface area contributed by atoms with E-state index < -0.39 is 13.3 Å². The molecule has 0 N–H and O–H groups in total. The average Bonchev–Trinajstić information content (AvgIpc) is 4.04. The summed E-state index contributed by atoms with van der Waals surface area (Å²) in [6, 6.07) is 51.6. The molecule has 0 unspecified atom stereocenters. The first-order chi connectivity index (χ1) is 33.9. The van der Waals surface area contributed by atoms with Crippen molar-refractivity contribution >= 4 is 72.7 Å². The molecular weight excluding hydrogens is 1120 g/mol. The van der Waals surface area contributed by atoms with Crippen molar-refractivity contribution < 1.29 is 28.9 Å². The van der Waals surface area contributed by atoms with Gasteiger partial charge in [0.1, 0.15) is 5.58 Å². The molecule has 6 aromatic carbocycles. The maximum absolute atomic E-state index is 6.68. The van der Waals surface area contributed by atoms with E-state index in [-0.39, 0.29) is 25.5 Å². The van der Waals surface area contributed by atoms with Crippen molar-refractivity contribution in [2.45, 2.75) is 110 Å². The van der Waals surface area contributed by atoms with Gasteiger partial charge in [0.2, 0.25) is 0 Å². The van der Waals surface area contributed by atoms with Crippen LogP contribution < -0.4 is 4.40 Å². The zero-order valence-electron chi connectivity index (χ0n) is 43.9. The summed E-state index contributed by atoms with van der Waals surface area (Å²) in [7, 11) is 0. The van der Waals surface area contributed by atoms with E-state index in [9.17, 15) is 0 Å². The second kappa shape index (κ2) is 19.7. The number of hydrogen-bond acceptors (Lipinski definition) is 5. The summed E-state index contributed by atoms with van der Waals surface area (Å²) in [6.45, 7) is 22.3. The SMILES string of the molecule is CC(C)c1cc(-c2[c-]ccc3c2oc2nc(C(C)(C)C)ccc23)nc[c]1[Ge]([CH3])([CH3])[CH3].Cc1cc(C(C)C)c(-n2c(-c3[c-]ccc4c3oc3cc(-c5ccccc5)ccc34)nc3ccccc32)c(C(C)C)c1.[Ir]. The minimum absolute atomic E-state index is 0. The zero-order valence-corrected chi connectivity index (χ0v) is 48.4. The maximum Gasteiger partial charge on any atom is 0.121 e. The van der Waals surface area contributed by atoms with Crippen LogP contribution in [0.15, 0.2) is 142 Å². The third-order valence-electron chi connectivity index (χ3n) is 13.8. The summed E-state index contributed by atoms with van der Waals surface area (Å²) in [6.07, 6.45) is 2.11. The average molecular weight is 1190 g/mol. The van der Waals surface area contributed by atoms with Crippen molar-refractivity contribution in [1.82, 2.24) is 19.5 Å². The molecule has 367 valence electrons. The van der Waals surface area contributed by atoms with Crippen LogP contribution in [-0.2, 0) is 25.5 Å². The first kappa shape index (κ1) is 50.8. The van der Waals surface area contributed by atoms with Crippen molar-refractivity contribution in [2.75, 3.05) is 0 Å². The summed E-state index contributed by atoms with van der Waals surface area (Å²) in [5.74, 6) is 9.27. The molecule has 0 amide bonds. The van der Waals surface area contributed by atoms with E-state index in [1.165, 1.54) is 37.9 Å². The Labute approximate surface area is 441 Å². The molecule has 11 aromatic rings. The van der Waals surface area contributed by atoms with Gasteiger partial charge in [-0.1, -0.05) is 111 Å². The monoisotopic (exact) mass is 1190 g/mol. The van der Waals surface area contributed by atoms with E-state index in [2.05, 4.69) is 219 Å². The summed E-state index contributed by atoms with van der Waals surface area (Å²) in [5.41, 5.74) is 17.8. The molecule has 0 atom stereocenters. The molecule has 0 aliphatic rings. The summed E-state index contributed by atoms with van der Waals surface area (Å²) >= 11 is -2.01. The van der Waals surface area contributed by atoms with E-state index in [1.807, 2.05) is 18.2 Å². The Balaban J connectivity index is 0.000000184. The quantitative estimate of drug-likeness (QED) is 0.112. The van der Waals surface area contributed by atoms with Crippen LogP contribution in [0.2, 0.25) is 17.3 Å². The van der Waals surface area contributed by atoms with Crippen molar-refractivity contribution in [3.05, 3.63) is 174 Å². The Morgan fingerprint density at radius 1 is 0.597 bits per heavy atom. The fourth-order valence-electron chi connectivity index (χ4n) is 10.1. The second-order valence-corrected chi connectivity index (χ2v) is 32.8. The smallest absolute Gasteiger partial charge is 0.121 e. The van der Waals surface area contributed by atoms with Crippen molar-refractivity contribution in [2.24, 2.45) is 0 Å². The first-order valence-corrected chi connectivity index (χ1v) is 32.5. The number of imidazole rings is 1. The van der Waals surface area contributed by atoms with Gasteiger partial charge in [-0.3, -0.25) is 4.98 Å². The third kappa shape index (κ3) is 9.41. The third-order valence-corrected chi connectivity index (χ3v) is 18.1. The number of benzene rings is 6. The van der Waals surface area contributed by atoms with Crippen LogP contribution in [0.25, 0.3) is 94.5 Å². The summed E-state index contributed by atoms with van der Waals surface area (Å²) in [4.78, 5) is 14.9. The number of nitrogens with zero attached hydrogens (tertiary/aromatic N) is 4. The van der Waals surface area contributed by atoms with E-state index in [1.54, 1.807) is 0 Å². The molecule has 6 nitrogen and oxygen atoms in total. The van der Waals surface area contributed by atoms with E-state index >= 15 is 0 Å². The van der Waals surface area contributed by atoms with E-state index in [0.717, 1.165) is 83.2 Å². The molecule has 0 bridgehead atoms. The van der Waals surface area contributed by atoms with Gasteiger partial charge in [0, 0.05) is 31.2 Å². The summed E-state index contributed by atoms with van der Waals surface area (Å²) < 4.78 is 16.8. The topological polar surface area (TPSA) is 69.9 Å². The van der Waals surface area contributed by atoms with Crippen molar-refractivity contribution in [1.29, 1.82) is 0 Å². The standard InChI is InChI=1S/C38H33N2O.C26H31GeN2O.Ir/c1-23(2)31-20-25(5)21-32(24(3)4)36(31)40-34-17-10-9-16-33(34)39-38(40)30-15-11-14-29-28-19-18-27(22-35(28)41-37(29)30)26-12-7-6-8-13-26;1-16(2)20-14-22(28-15-21(20)27(6,7)8)19-11-9-10-17-18-12-13-23(26(3,4)5)29-25(18)30-24(17)19;/h6-14,16-24H,1-5H3;9-10,12-16H,1-8H3;/q2*-1;. The van der Waals surface area contributed by atoms with Crippen molar-refractivity contribution in [3.8, 4) is 39.5 Å². The van der Waals surface area contributed by atoms with Gasteiger partial charge >= 0.3 is 182 Å². The molecule has 0 aliphatic heterocycles. The Bertz CT molecular complexity index is 3760. The molecule has 0 aliphatic carbocycles. The fourth-order valence-corrected chi connectivity index (χ4v) is 13.6. The number of rotatable bonds is 8. The van der Waals surface area contributed by atoms with Gasteiger partial charge in [0.25, 0.3) is 0 Å². The van der Waals surface area contributed by atoms with Gasteiger partial charge in [-0.05, 0) is 59.2 Å². The van der Waals surface area contributed by atoms with Gasteiger partial charge in [0.05, 0.1) is 22.4 Å². The van der Waals surface area contributed by atoms with Crippen LogP contribution in [0.4, 0.5) is 0 Å². The van der Waals surface area contributed by atoms with Crippen molar-refractivity contribution in [3.63, 3.8) is 0 Å². The van der Waals surface area contributed by atoms with Gasteiger partial charge in [-0.25, -0.2) is 0 Å². The number of furan rings is 2. The molecule has 0 spiro atoms. The molecule has 1 radical (unpaired) electrons. The van der Waals surface area contributed by atoms with Crippen LogP contribution in [-0.4, -0.2) is 32.8 Å². The molecule has 0 fully saturated rings. The molecule has 8 heteroatoms. The minimum Gasteiger partial charge on any atom is -0.501 e. The van der Waals surface area contributed by atoms with Gasteiger partial charge in [-0.15, -0.1) is 18.2 Å². The fraction of sp³-hybridized carbons (Fsp3) is 0.266.